The van der Waals surface area contributed by atoms with E-state index in [4.69, 9.17) is 9.47 Å². The summed E-state index contributed by atoms with van der Waals surface area (Å²) < 4.78 is 11.2. The van der Waals surface area contributed by atoms with E-state index < -0.39 is 0 Å². The molecule has 0 N–H and O–H groups in total. The van der Waals surface area contributed by atoms with Gasteiger partial charge in [-0.1, -0.05) is 18.2 Å². The molecule has 0 radical (unpaired) electrons. The van der Waals surface area contributed by atoms with Crippen LogP contribution in [0.25, 0.3) is 0 Å². The summed E-state index contributed by atoms with van der Waals surface area (Å²) in [7, 11) is 3.70. The van der Waals surface area contributed by atoms with E-state index in [2.05, 4.69) is 17.1 Å². The molecular weight excluding hydrogens is 304 g/mol. The van der Waals surface area contributed by atoms with E-state index in [0.717, 1.165) is 35.7 Å². The quantitative estimate of drug-likeness (QED) is 0.669. The molecule has 0 saturated carbocycles. The number of ether oxygens (including phenoxy) is 2. The molecule has 0 aliphatic heterocycles. The third-order valence-corrected chi connectivity index (χ3v) is 3.54. The van der Waals surface area contributed by atoms with E-state index in [1.807, 2.05) is 44.2 Å². The Labute approximate surface area is 143 Å². The first-order valence-corrected chi connectivity index (χ1v) is 7.96. The van der Waals surface area contributed by atoms with E-state index in [1.165, 1.54) is 0 Å². The topological polar surface area (TPSA) is 51.1 Å². The van der Waals surface area contributed by atoms with Crippen molar-refractivity contribution in [1.29, 1.82) is 0 Å². The molecule has 0 amide bonds. The van der Waals surface area contributed by atoms with Crippen LogP contribution in [0.4, 0.5) is 5.69 Å². The number of hydrogen-bond acceptors (Lipinski definition) is 5. The Hall–Kier alpha value is -2.40. The zero-order chi connectivity index (χ0) is 17.5. The van der Waals surface area contributed by atoms with Crippen molar-refractivity contribution in [2.75, 3.05) is 14.2 Å². The van der Waals surface area contributed by atoms with Gasteiger partial charge in [0.25, 0.3) is 0 Å². The number of rotatable bonds is 8. The first kappa shape index (κ1) is 17.9. The SMILES string of the molecule is COc1ccc(CN(C)Cc2ccc(N=O)cc2)cc1OC(C)C. The molecule has 2 rings (SSSR count). The molecule has 0 atom stereocenters. The minimum atomic E-state index is 0.0943. The van der Waals surface area contributed by atoms with Crippen LogP contribution in [0.5, 0.6) is 11.5 Å². The minimum Gasteiger partial charge on any atom is -0.493 e. The Morgan fingerprint density at radius 3 is 2.21 bits per heavy atom. The van der Waals surface area contributed by atoms with Gasteiger partial charge >= 0.3 is 0 Å². The Balaban J connectivity index is 2.04. The lowest BCUT2D eigenvalue weighted by molar-refractivity contribution is 0.229. The van der Waals surface area contributed by atoms with Gasteiger partial charge in [-0.3, -0.25) is 4.90 Å². The molecule has 24 heavy (non-hydrogen) atoms. The monoisotopic (exact) mass is 328 g/mol. The summed E-state index contributed by atoms with van der Waals surface area (Å²) in [6, 6.07) is 13.3. The lowest BCUT2D eigenvalue weighted by atomic mass is 10.1. The third-order valence-electron chi connectivity index (χ3n) is 3.54. The number of methoxy groups -OCH3 is 1. The predicted octanol–water partition coefficient (Wildman–Crippen LogP) is 4.51. The second kappa shape index (κ2) is 8.45. The van der Waals surface area contributed by atoms with E-state index in [9.17, 15) is 4.91 Å². The highest BCUT2D eigenvalue weighted by atomic mass is 16.5. The third kappa shape index (κ3) is 5.06. The average Bonchev–Trinajstić information content (AvgIpc) is 2.55. The standard InChI is InChI=1S/C19H24N2O3/c1-14(2)24-19-11-16(7-10-18(19)23-4)13-21(3)12-15-5-8-17(20-22)9-6-15/h5-11,14H,12-13H2,1-4H3. The zero-order valence-corrected chi connectivity index (χ0v) is 14.7. The Morgan fingerprint density at radius 2 is 1.62 bits per heavy atom. The van der Waals surface area contributed by atoms with Crippen LogP contribution in [0, 0.1) is 4.91 Å². The molecular formula is C19H24N2O3. The van der Waals surface area contributed by atoms with E-state index in [-0.39, 0.29) is 6.10 Å². The van der Waals surface area contributed by atoms with E-state index in [0.29, 0.717) is 5.69 Å². The first-order chi connectivity index (χ1) is 11.5. The van der Waals surface area contributed by atoms with Gasteiger partial charge in [0.05, 0.1) is 13.2 Å². The Bertz CT molecular complexity index is 669. The maximum absolute atomic E-state index is 10.5. The normalized spacial score (nSPS) is 10.9. The molecule has 5 heteroatoms. The van der Waals surface area contributed by atoms with Crippen molar-refractivity contribution in [1.82, 2.24) is 4.90 Å². The lowest BCUT2D eigenvalue weighted by Crippen LogP contribution is -2.17. The fourth-order valence-corrected chi connectivity index (χ4v) is 2.51. The van der Waals surface area contributed by atoms with E-state index >= 15 is 0 Å². The second-order valence-corrected chi connectivity index (χ2v) is 6.08. The highest BCUT2D eigenvalue weighted by Gasteiger charge is 2.09. The van der Waals surface area contributed by atoms with Gasteiger partial charge in [-0.2, -0.15) is 0 Å². The van der Waals surface area contributed by atoms with Gasteiger partial charge < -0.3 is 9.47 Å². The van der Waals surface area contributed by atoms with Crippen LogP contribution in [0.15, 0.2) is 47.6 Å². The van der Waals surface area contributed by atoms with Gasteiger partial charge in [0.2, 0.25) is 0 Å². The molecule has 0 fully saturated rings. The minimum absolute atomic E-state index is 0.0943. The highest BCUT2D eigenvalue weighted by Crippen LogP contribution is 2.29. The number of nitrogens with zero attached hydrogens (tertiary/aromatic N) is 2. The van der Waals surface area contributed by atoms with Crippen LogP contribution in [0.3, 0.4) is 0 Å². The van der Waals surface area contributed by atoms with Crippen LogP contribution in [-0.4, -0.2) is 25.2 Å². The van der Waals surface area contributed by atoms with Crippen molar-refractivity contribution in [2.45, 2.75) is 33.0 Å². The molecule has 0 aliphatic rings. The molecule has 0 aromatic heterocycles. The fraction of sp³-hybridized carbons (Fsp3) is 0.368. The van der Waals surface area contributed by atoms with Crippen LogP contribution >= 0.6 is 0 Å². The number of hydrogen-bond donors (Lipinski definition) is 0. The van der Waals surface area contributed by atoms with Gasteiger partial charge in [-0.25, -0.2) is 0 Å². The highest BCUT2D eigenvalue weighted by molar-refractivity contribution is 5.43. The maximum atomic E-state index is 10.5. The van der Waals surface area contributed by atoms with Gasteiger partial charge in [0.1, 0.15) is 5.69 Å². The van der Waals surface area contributed by atoms with Gasteiger partial charge in [-0.15, -0.1) is 4.91 Å². The summed E-state index contributed by atoms with van der Waals surface area (Å²) in [4.78, 5) is 12.7. The molecule has 5 nitrogen and oxygen atoms in total. The van der Waals surface area contributed by atoms with E-state index in [1.54, 1.807) is 19.2 Å². The van der Waals surface area contributed by atoms with Crippen LogP contribution in [0.2, 0.25) is 0 Å². The van der Waals surface area contributed by atoms with Crippen molar-refractivity contribution in [2.24, 2.45) is 5.18 Å². The maximum Gasteiger partial charge on any atom is 0.161 e. The van der Waals surface area contributed by atoms with Crippen molar-refractivity contribution in [3.63, 3.8) is 0 Å². The average molecular weight is 328 g/mol. The molecule has 2 aromatic carbocycles. The van der Waals surface area contributed by atoms with Gasteiger partial charge in [-0.05, 0) is 61.5 Å². The number of benzene rings is 2. The molecule has 0 saturated heterocycles. The zero-order valence-electron chi connectivity index (χ0n) is 14.7. The predicted molar refractivity (Wildman–Crippen MR) is 95.8 cm³/mol. The largest absolute Gasteiger partial charge is 0.493 e. The Morgan fingerprint density at radius 1 is 1.00 bits per heavy atom. The molecule has 128 valence electrons. The second-order valence-electron chi connectivity index (χ2n) is 6.08. The van der Waals surface area contributed by atoms with Gasteiger partial charge in [0.15, 0.2) is 11.5 Å². The Kier molecular flexibility index (Phi) is 6.32. The summed E-state index contributed by atoms with van der Waals surface area (Å²) in [6.45, 7) is 5.56. The summed E-state index contributed by atoms with van der Waals surface area (Å²) in [5.74, 6) is 1.51. The lowest BCUT2D eigenvalue weighted by Gasteiger charge is -2.19. The van der Waals surface area contributed by atoms with Gasteiger partial charge in [0, 0.05) is 13.1 Å². The summed E-state index contributed by atoms with van der Waals surface area (Å²) in [5.41, 5.74) is 2.74. The molecule has 0 unspecified atom stereocenters. The van der Waals surface area contributed by atoms with Crippen molar-refractivity contribution in [3.05, 3.63) is 58.5 Å². The summed E-state index contributed by atoms with van der Waals surface area (Å²) >= 11 is 0. The molecule has 0 spiro atoms. The van der Waals surface area contributed by atoms with Crippen molar-refractivity contribution in [3.8, 4) is 11.5 Å². The van der Waals surface area contributed by atoms with Crippen LogP contribution < -0.4 is 9.47 Å². The van der Waals surface area contributed by atoms with Crippen LogP contribution in [-0.2, 0) is 13.1 Å². The summed E-state index contributed by atoms with van der Waals surface area (Å²) in [5, 5.41) is 2.92. The molecule has 0 bridgehead atoms. The smallest absolute Gasteiger partial charge is 0.161 e. The molecule has 0 heterocycles. The van der Waals surface area contributed by atoms with Crippen LogP contribution in [0.1, 0.15) is 25.0 Å². The van der Waals surface area contributed by atoms with Crippen molar-refractivity contribution < 1.29 is 9.47 Å². The van der Waals surface area contributed by atoms with Crippen molar-refractivity contribution >= 4 is 5.69 Å². The summed E-state index contributed by atoms with van der Waals surface area (Å²) in [6.07, 6.45) is 0.0943. The fourth-order valence-electron chi connectivity index (χ4n) is 2.51. The number of nitroso groups, excluding NO2 is 1. The molecule has 2 aromatic rings. The first-order valence-electron chi connectivity index (χ1n) is 7.96. The molecule has 0 aliphatic carbocycles.